The molecule has 0 atom stereocenters. The van der Waals surface area contributed by atoms with E-state index in [0.29, 0.717) is 0 Å². The Balaban J connectivity index is 3.07. The van der Waals surface area contributed by atoms with E-state index in [1.165, 1.54) is 12.1 Å². The van der Waals surface area contributed by atoms with Crippen molar-refractivity contribution in [3.05, 3.63) is 30.1 Å². The third kappa shape index (κ3) is 1.25. The van der Waals surface area contributed by atoms with Crippen LogP contribution in [0.5, 0.6) is 0 Å². The molecule has 46 valence electrons. The second kappa shape index (κ2) is 2.26. The lowest BCUT2D eigenvalue weighted by atomic mass is 10.3. The van der Waals surface area contributed by atoms with Crippen LogP contribution in [0.3, 0.4) is 0 Å². The van der Waals surface area contributed by atoms with E-state index < -0.39 is 5.91 Å². The van der Waals surface area contributed by atoms with Crippen molar-refractivity contribution >= 4 is 5.91 Å². The molecule has 1 heterocycles. The number of carbonyl (C=O) groups is 1. The molecule has 0 spiro atoms. The van der Waals surface area contributed by atoms with Crippen LogP contribution in [0.15, 0.2) is 24.4 Å². The summed E-state index contributed by atoms with van der Waals surface area (Å²) in [6, 6.07) is 4.52. The number of nitrogens with two attached hydrogens (primary N) is 1. The number of hydrogen-bond acceptors (Lipinski definition) is 2. The van der Waals surface area contributed by atoms with Crippen LogP contribution < -0.4 is 5.73 Å². The first-order valence-corrected chi connectivity index (χ1v) is 2.43. The number of primary amides is 1. The average molecular weight is 123 g/mol. The number of amides is 1. The predicted molar refractivity (Wildman–Crippen MR) is 32.8 cm³/mol. The standard InChI is InChI=1S/C6H6N2O/c7-6(9)5-3-1-2-4-8-5/h1-4H,(H2,7,9)/i4D. The first-order chi connectivity index (χ1) is 4.70. The molecule has 1 aromatic rings. The zero-order chi connectivity index (χ0) is 7.56. The number of carbonyl (C=O) groups excluding carboxylic acids is 1. The fourth-order valence-electron chi connectivity index (χ4n) is 0.464. The van der Waals surface area contributed by atoms with Gasteiger partial charge in [-0.2, -0.15) is 0 Å². The van der Waals surface area contributed by atoms with Gasteiger partial charge in [-0.1, -0.05) is 6.07 Å². The number of aromatic nitrogens is 1. The lowest BCUT2D eigenvalue weighted by Crippen LogP contribution is -2.12. The third-order valence-electron chi connectivity index (χ3n) is 0.862. The Hall–Kier alpha value is -1.38. The van der Waals surface area contributed by atoms with Gasteiger partial charge in [0.15, 0.2) is 0 Å². The largest absolute Gasteiger partial charge is 0.364 e. The van der Waals surface area contributed by atoms with E-state index in [1.807, 2.05) is 0 Å². The van der Waals surface area contributed by atoms with Crippen LogP contribution >= 0.6 is 0 Å². The molecule has 0 aliphatic heterocycles. The summed E-state index contributed by atoms with van der Waals surface area (Å²) in [5.74, 6) is -0.603. The van der Waals surface area contributed by atoms with Gasteiger partial charge in [0.1, 0.15) is 5.69 Å². The molecule has 0 aliphatic carbocycles. The Morgan fingerprint density at radius 3 is 3.00 bits per heavy atom. The van der Waals surface area contributed by atoms with E-state index in [9.17, 15) is 4.79 Å². The van der Waals surface area contributed by atoms with Gasteiger partial charge in [0.05, 0.1) is 1.37 Å². The molecule has 0 aliphatic rings. The molecule has 3 heteroatoms. The Bertz CT molecular complexity index is 262. The van der Waals surface area contributed by atoms with Crippen molar-refractivity contribution in [3.63, 3.8) is 0 Å². The van der Waals surface area contributed by atoms with E-state index >= 15 is 0 Å². The Morgan fingerprint density at radius 1 is 1.78 bits per heavy atom. The Labute approximate surface area is 53.9 Å². The van der Waals surface area contributed by atoms with E-state index in [0.717, 1.165) is 0 Å². The van der Waals surface area contributed by atoms with Crippen molar-refractivity contribution in [2.45, 2.75) is 0 Å². The molecular weight excluding hydrogens is 116 g/mol. The SMILES string of the molecule is [2H]c1cccc(C(N)=O)n1. The van der Waals surface area contributed by atoms with E-state index in [1.54, 1.807) is 6.07 Å². The van der Waals surface area contributed by atoms with Gasteiger partial charge in [-0.15, -0.1) is 0 Å². The molecule has 1 amide bonds. The predicted octanol–water partition coefficient (Wildman–Crippen LogP) is 0.181. The van der Waals surface area contributed by atoms with Crippen molar-refractivity contribution in [3.8, 4) is 0 Å². The summed E-state index contributed by atoms with van der Waals surface area (Å²) in [6.07, 6.45) is 0.0521. The van der Waals surface area contributed by atoms with Crippen molar-refractivity contribution < 1.29 is 6.17 Å². The molecule has 2 N–H and O–H groups in total. The highest BCUT2D eigenvalue weighted by molar-refractivity contribution is 5.90. The minimum atomic E-state index is -0.603. The molecule has 9 heavy (non-hydrogen) atoms. The Morgan fingerprint density at radius 2 is 2.56 bits per heavy atom. The van der Waals surface area contributed by atoms with Gasteiger partial charge in [0.25, 0.3) is 5.91 Å². The van der Waals surface area contributed by atoms with Crippen molar-refractivity contribution in [1.29, 1.82) is 0 Å². The second-order valence-electron chi connectivity index (χ2n) is 1.52. The van der Waals surface area contributed by atoms with Crippen molar-refractivity contribution in [2.24, 2.45) is 5.73 Å². The van der Waals surface area contributed by atoms with Crippen LogP contribution in [-0.4, -0.2) is 10.9 Å². The molecule has 0 saturated carbocycles. The summed E-state index contributed by atoms with van der Waals surface area (Å²) in [7, 11) is 0. The van der Waals surface area contributed by atoms with Crippen LogP contribution in [0.1, 0.15) is 11.9 Å². The van der Waals surface area contributed by atoms with Crippen LogP contribution in [0.2, 0.25) is 0 Å². The summed E-state index contributed by atoms with van der Waals surface area (Å²) < 4.78 is 7.01. The maximum Gasteiger partial charge on any atom is 0.267 e. The van der Waals surface area contributed by atoms with Crippen molar-refractivity contribution in [1.82, 2.24) is 4.98 Å². The molecule has 0 saturated heterocycles. The van der Waals surface area contributed by atoms with E-state index in [2.05, 4.69) is 4.98 Å². The molecule has 0 fully saturated rings. The smallest absolute Gasteiger partial charge is 0.267 e. The number of nitrogens with zero attached hydrogens (tertiary/aromatic N) is 1. The highest BCUT2D eigenvalue weighted by Crippen LogP contribution is 1.88. The number of rotatable bonds is 1. The van der Waals surface area contributed by atoms with Crippen molar-refractivity contribution in [2.75, 3.05) is 0 Å². The average Bonchev–Trinajstić information content (AvgIpc) is 1.88. The lowest BCUT2D eigenvalue weighted by Gasteiger charge is -1.88. The first-order valence-electron chi connectivity index (χ1n) is 2.93. The van der Waals surface area contributed by atoms with Gasteiger partial charge < -0.3 is 5.73 Å². The molecule has 1 aromatic heterocycles. The highest BCUT2D eigenvalue weighted by atomic mass is 16.1. The zero-order valence-corrected chi connectivity index (χ0v) is 4.66. The van der Waals surface area contributed by atoms with Gasteiger partial charge in [0, 0.05) is 6.17 Å². The van der Waals surface area contributed by atoms with E-state index in [4.69, 9.17) is 7.10 Å². The van der Waals surface area contributed by atoms with Gasteiger partial charge >= 0.3 is 0 Å². The normalized spacial score (nSPS) is 10.4. The molecule has 3 nitrogen and oxygen atoms in total. The summed E-state index contributed by atoms with van der Waals surface area (Å²) in [6.45, 7) is 0. The molecule has 0 unspecified atom stereocenters. The van der Waals surface area contributed by atoms with Crippen LogP contribution in [0.4, 0.5) is 0 Å². The van der Waals surface area contributed by atoms with Gasteiger partial charge in [-0.05, 0) is 12.1 Å². The van der Waals surface area contributed by atoms with E-state index in [-0.39, 0.29) is 11.9 Å². The maximum absolute atomic E-state index is 10.4. The quantitative estimate of drug-likeness (QED) is 0.579. The fourth-order valence-corrected chi connectivity index (χ4v) is 0.464. The minimum Gasteiger partial charge on any atom is -0.364 e. The van der Waals surface area contributed by atoms with Gasteiger partial charge in [-0.3, -0.25) is 9.78 Å². The molecule has 0 aromatic carbocycles. The fraction of sp³-hybridized carbons (Fsp3) is 0. The summed E-state index contributed by atoms with van der Waals surface area (Å²) in [5, 5.41) is 0. The van der Waals surface area contributed by atoms with Gasteiger partial charge in [0.2, 0.25) is 0 Å². The summed E-state index contributed by atoms with van der Waals surface area (Å²) in [4.78, 5) is 14.0. The maximum atomic E-state index is 10.4. The summed E-state index contributed by atoms with van der Waals surface area (Å²) in [5.41, 5.74) is 5.03. The highest BCUT2D eigenvalue weighted by Gasteiger charge is 1.95. The number of hydrogen-bond donors (Lipinski definition) is 1. The molecule has 1 rings (SSSR count). The van der Waals surface area contributed by atoms with Crippen LogP contribution in [-0.2, 0) is 0 Å². The van der Waals surface area contributed by atoms with Crippen LogP contribution in [0.25, 0.3) is 0 Å². The lowest BCUT2D eigenvalue weighted by molar-refractivity contribution is 0.0995. The first kappa shape index (κ1) is 4.49. The summed E-state index contributed by atoms with van der Waals surface area (Å²) >= 11 is 0. The van der Waals surface area contributed by atoms with Crippen LogP contribution in [0, 0.1) is 0 Å². The topological polar surface area (TPSA) is 56.0 Å². The molecule has 0 bridgehead atoms. The number of pyridine rings is 1. The monoisotopic (exact) mass is 123 g/mol. The molecule has 0 radical (unpaired) electrons. The minimum absolute atomic E-state index is 0.0521. The molecular formula is C6H6N2O. The Kier molecular flexibility index (Phi) is 1.13. The zero-order valence-electron chi connectivity index (χ0n) is 5.66. The second-order valence-corrected chi connectivity index (χ2v) is 1.52. The van der Waals surface area contributed by atoms with Gasteiger partial charge in [-0.25, -0.2) is 0 Å². The third-order valence-corrected chi connectivity index (χ3v) is 0.862.